The monoisotopic (exact) mass is 338 g/mol. The average Bonchev–Trinajstić information content (AvgIpc) is 3.23. The first-order chi connectivity index (χ1) is 12.2. The minimum atomic E-state index is -0.333. The Bertz CT molecular complexity index is 778. The summed E-state index contributed by atoms with van der Waals surface area (Å²) in [7, 11) is 1.46. The number of hydrogen-bond acceptors (Lipinski definition) is 4. The number of hydrogen-bond donors (Lipinski definition) is 2. The van der Waals surface area contributed by atoms with E-state index in [1.807, 2.05) is 6.07 Å². The number of nitrogens with one attached hydrogen (secondary N) is 1. The maximum absolute atomic E-state index is 12.6. The molecule has 2 saturated carbocycles. The number of amides is 1. The molecule has 0 spiro atoms. The first-order valence-electron chi connectivity index (χ1n) is 8.75. The summed E-state index contributed by atoms with van der Waals surface area (Å²) in [4.78, 5) is 16.6. The van der Waals surface area contributed by atoms with Gasteiger partial charge in [-0.25, -0.2) is 4.98 Å². The molecule has 2 fully saturated rings. The van der Waals surface area contributed by atoms with Gasteiger partial charge >= 0.3 is 0 Å². The highest BCUT2D eigenvalue weighted by Gasteiger charge is 2.47. The molecule has 0 saturated heterocycles. The largest absolute Gasteiger partial charge is 0.503 e. The summed E-state index contributed by atoms with van der Waals surface area (Å²) in [6.45, 7) is 0. The highest BCUT2D eigenvalue weighted by Crippen LogP contribution is 2.53. The molecule has 0 aliphatic heterocycles. The summed E-state index contributed by atoms with van der Waals surface area (Å²) in [5, 5.41) is 13.2. The third-order valence-electron chi connectivity index (χ3n) is 5.68. The number of nitrogens with zero attached hydrogens (tertiary/aromatic N) is 1. The summed E-state index contributed by atoms with van der Waals surface area (Å²) in [6, 6.07) is 12.2. The molecule has 5 heteroatoms. The van der Waals surface area contributed by atoms with Crippen molar-refractivity contribution >= 4 is 5.91 Å². The van der Waals surface area contributed by atoms with Gasteiger partial charge in [0.15, 0.2) is 17.2 Å². The highest BCUT2D eigenvalue weighted by atomic mass is 16.5. The molecule has 2 bridgehead atoms. The van der Waals surface area contributed by atoms with Crippen LogP contribution in [0.25, 0.3) is 0 Å². The normalized spacial score (nSPS) is 27.2. The van der Waals surface area contributed by atoms with Gasteiger partial charge in [0.25, 0.3) is 5.91 Å². The Balaban J connectivity index is 1.51. The molecular weight excluding hydrogens is 316 g/mol. The number of fused-ring (bicyclic) bond motifs is 2. The number of ether oxygens (including phenoxy) is 1. The van der Waals surface area contributed by atoms with Gasteiger partial charge in [-0.3, -0.25) is 4.79 Å². The molecule has 2 aromatic rings. The zero-order valence-electron chi connectivity index (χ0n) is 14.2. The number of methoxy groups -OCH3 is 1. The fraction of sp³-hybridized carbons (Fsp3) is 0.400. The third-order valence-corrected chi connectivity index (χ3v) is 5.68. The number of aromatic nitrogens is 1. The van der Waals surface area contributed by atoms with Gasteiger partial charge in [-0.1, -0.05) is 30.3 Å². The number of rotatable bonds is 4. The van der Waals surface area contributed by atoms with Crippen LogP contribution < -0.4 is 10.1 Å². The number of carbonyl (C=O) groups excluding carboxylic acids is 1. The number of aromatic hydroxyl groups is 1. The van der Waals surface area contributed by atoms with Crippen molar-refractivity contribution in [2.45, 2.75) is 31.2 Å². The molecular formula is C20H22N2O3. The zero-order chi connectivity index (χ0) is 17.4. The predicted octanol–water partition coefficient (Wildman–Crippen LogP) is 3.11. The van der Waals surface area contributed by atoms with E-state index in [0.717, 1.165) is 12.8 Å². The van der Waals surface area contributed by atoms with E-state index in [4.69, 9.17) is 4.74 Å². The summed E-state index contributed by atoms with van der Waals surface area (Å²) in [5.74, 6) is 1.33. The zero-order valence-corrected chi connectivity index (χ0v) is 14.2. The van der Waals surface area contributed by atoms with Gasteiger partial charge in [-0.15, -0.1) is 0 Å². The average molecular weight is 338 g/mol. The van der Waals surface area contributed by atoms with Crippen molar-refractivity contribution in [1.29, 1.82) is 0 Å². The molecule has 1 heterocycles. The molecule has 4 atom stereocenters. The van der Waals surface area contributed by atoms with Crippen LogP contribution in [-0.2, 0) is 0 Å². The lowest BCUT2D eigenvalue weighted by atomic mass is 9.80. The van der Waals surface area contributed by atoms with E-state index in [2.05, 4.69) is 34.6 Å². The second-order valence-electron chi connectivity index (χ2n) is 7.04. The lowest BCUT2D eigenvalue weighted by molar-refractivity contribution is 0.0910. The van der Waals surface area contributed by atoms with Crippen LogP contribution in [0.4, 0.5) is 0 Å². The van der Waals surface area contributed by atoms with E-state index < -0.39 is 0 Å². The Kier molecular flexibility index (Phi) is 4.07. The van der Waals surface area contributed by atoms with Crippen molar-refractivity contribution in [3.05, 3.63) is 53.9 Å². The van der Waals surface area contributed by atoms with Gasteiger partial charge in [-0.05, 0) is 42.6 Å². The van der Waals surface area contributed by atoms with Crippen molar-refractivity contribution in [3.63, 3.8) is 0 Å². The fourth-order valence-electron chi connectivity index (χ4n) is 4.60. The van der Waals surface area contributed by atoms with Crippen molar-refractivity contribution in [3.8, 4) is 11.5 Å². The third kappa shape index (κ3) is 2.84. The number of pyridine rings is 1. The van der Waals surface area contributed by atoms with Gasteiger partial charge in [-0.2, -0.15) is 0 Å². The van der Waals surface area contributed by atoms with E-state index in [1.165, 1.54) is 31.4 Å². The second-order valence-corrected chi connectivity index (χ2v) is 7.04. The van der Waals surface area contributed by atoms with Crippen LogP contribution in [0.1, 0.15) is 41.2 Å². The van der Waals surface area contributed by atoms with Crippen LogP contribution in [-0.4, -0.2) is 29.1 Å². The van der Waals surface area contributed by atoms with Gasteiger partial charge < -0.3 is 15.2 Å². The Morgan fingerprint density at radius 3 is 2.72 bits per heavy atom. The number of carbonyl (C=O) groups is 1. The molecule has 2 aliphatic carbocycles. The van der Waals surface area contributed by atoms with Gasteiger partial charge in [0.2, 0.25) is 0 Å². The van der Waals surface area contributed by atoms with Crippen LogP contribution in [0, 0.1) is 11.8 Å². The lowest BCUT2D eigenvalue weighted by Crippen LogP contribution is -2.41. The Labute approximate surface area is 147 Å². The van der Waals surface area contributed by atoms with Crippen LogP contribution in [0.2, 0.25) is 0 Å². The maximum atomic E-state index is 12.6. The van der Waals surface area contributed by atoms with Crippen LogP contribution in [0.3, 0.4) is 0 Å². The molecule has 0 radical (unpaired) electrons. The lowest BCUT2D eigenvalue weighted by Gasteiger charge is -2.30. The molecule has 5 nitrogen and oxygen atoms in total. The first-order valence-corrected chi connectivity index (χ1v) is 8.75. The molecule has 1 aromatic carbocycles. The van der Waals surface area contributed by atoms with Crippen LogP contribution in [0.15, 0.2) is 42.6 Å². The van der Waals surface area contributed by atoms with Crippen LogP contribution >= 0.6 is 0 Å². The van der Waals surface area contributed by atoms with Crippen molar-refractivity contribution in [1.82, 2.24) is 10.3 Å². The van der Waals surface area contributed by atoms with E-state index in [1.54, 1.807) is 0 Å². The van der Waals surface area contributed by atoms with Crippen molar-refractivity contribution < 1.29 is 14.6 Å². The molecule has 2 N–H and O–H groups in total. The summed E-state index contributed by atoms with van der Waals surface area (Å²) in [6.07, 6.45) is 4.83. The summed E-state index contributed by atoms with van der Waals surface area (Å²) < 4.78 is 5.06. The Morgan fingerprint density at radius 1 is 1.20 bits per heavy atom. The predicted molar refractivity (Wildman–Crippen MR) is 93.7 cm³/mol. The second kappa shape index (κ2) is 6.39. The van der Waals surface area contributed by atoms with E-state index >= 15 is 0 Å². The molecule has 2 aliphatic rings. The molecule has 1 amide bonds. The highest BCUT2D eigenvalue weighted by molar-refractivity contribution is 5.95. The van der Waals surface area contributed by atoms with E-state index in [9.17, 15) is 9.90 Å². The molecule has 25 heavy (non-hydrogen) atoms. The van der Waals surface area contributed by atoms with Gasteiger partial charge in [0.1, 0.15) is 0 Å². The Hall–Kier alpha value is -2.56. The molecule has 1 aromatic heterocycles. The number of benzene rings is 1. The Morgan fingerprint density at radius 2 is 2.00 bits per heavy atom. The van der Waals surface area contributed by atoms with Crippen molar-refractivity contribution in [2.75, 3.05) is 7.11 Å². The maximum Gasteiger partial charge on any atom is 0.274 e. The van der Waals surface area contributed by atoms with Crippen molar-refractivity contribution in [2.24, 2.45) is 11.8 Å². The van der Waals surface area contributed by atoms with Crippen LogP contribution in [0.5, 0.6) is 11.5 Å². The quantitative estimate of drug-likeness (QED) is 0.898. The summed E-state index contributed by atoms with van der Waals surface area (Å²) in [5.41, 5.74) is 1.38. The fourth-order valence-corrected chi connectivity index (χ4v) is 4.60. The SMILES string of the molecule is COc1ccnc(C(=O)NC2CC3CC2[C@@H](c2ccccc2)C3)c1O. The summed E-state index contributed by atoms with van der Waals surface area (Å²) >= 11 is 0. The van der Waals surface area contributed by atoms with E-state index in [0.29, 0.717) is 17.8 Å². The smallest absolute Gasteiger partial charge is 0.274 e. The molecule has 4 rings (SSSR count). The minimum absolute atomic E-state index is 0.0263. The molecule has 130 valence electrons. The van der Waals surface area contributed by atoms with Gasteiger partial charge in [0.05, 0.1) is 7.11 Å². The topological polar surface area (TPSA) is 71.5 Å². The molecule has 3 unspecified atom stereocenters. The standard InChI is InChI=1S/C20H22N2O3/c1-25-17-7-8-21-18(19(17)23)20(24)22-16-11-12-9-14(15(16)10-12)13-5-3-2-4-6-13/h2-8,12,14-16,23H,9-11H2,1H3,(H,22,24)/t12?,14-,15?,16?/m1/s1. The minimum Gasteiger partial charge on any atom is -0.503 e. The van der Waals surface area contributed by atoms with E-state index in [-0.39, 0.29) is 29.1 Å². The first kappa shape index (κ1) is 15.9. The van der Waals surface area contributed by atoms with Gasteiger partial charge in [0, 0.05) is 18.3 Å².